The van der Waals surface area contributed by atoms with Crippen LogP contribution >= 0.6 is 11.6 Å². The van der Waals surface area contributed by atoms with Crippen LogP contribution in [-0.4, -0.2) is 71.3 Å². The van der Waals surface area contributed by atoms with Crippen LogP contribution in [-0.2, 0) is 6.54 Å². The summed E-state index contributed by atoms with van der Waals surface area (Å²) in [6.45, 7) is 9.24. The van der Waals surface area contributed by atoms with Gasteiger partial charge in [0.15, 0.2) is 0 Å². The Hall–Kier alpha value is -3.04. The van der Waals surface area contributed by atoms with Gasteiger partial charge in [-0.1, -0.05) is 23.7 Å². The molecule has 1 aromatic heterocycles. The van der Waals surface area contributed by atoms with Gasteiger partial charge in [0, 0.05) is 56.6 Å². The number of ether oxygens (including phenoxy) is 1. The molecule has 1 saturated heterocycles. The summed E-state index contributed by atoms with van der Waals surface area (Å²) in [6, 6.07) is 10.7. The number of benzene rings is 2. The molecule has 1 aliphatic rings. The number of aliphatic hydroxyl groups is 1. The van der Waals surface area contributed by atoms with Gasteiger partial charge in [0.1, 0.15) is 11.6 Å². The monoisotopic (exact) mass is 525 g/mol. The van der Waals surface area contributed by atoms with Gasteiger partial charge in [-0.05, 0) is 54.8 Å². The number of methoxy groups -OCH3 is 1. The van der Waals surface area contributed by atoms with Gasteiger partial charge in [-0.3, -0.25) is 9.80 Å². The number of hydrogen-bond acceptors (Lipinski definition) is 7. The molecule has 0 saturated carbocycles. The zero-order chi connectivity index (χ0) is 26.4. The third kappa shape index (κ3) is 6.84. The first-order chi connectivity index (χ1) is 17.9. The molecule has 4 rings (SSSR count). The maximum atomic E-state index is 13.7. The van der Waals surface area contributed by atoms with Gasteiger partial charge < -0.3 is 15.2 Å². The molecule has 0 aliphatic carbocycles. The van der Waals surface area contributed by atoms with Crippen molar-refractivity contribution in [3.63, 3.8) is 0 Å². The Morgan fingerprint density at radius 1 is 1.16 bits per heavy atom. The number of halogens is 2. The van der Waals surface area contributed by atoms with E-state index in [2.05, 4.69) is 26.2 Å². The molecule has 0 atom stereocenters. The van der Waals surface area contributed by atoms with Crippen molar-refractivity contribution in [2.75, 3.05) is 51.8 Å². The van der Waals surface area contributed by atoms with Gasteiger partial charge in [0.05, 0.1) is 30.6 Å². The van der Waals surface area contributed by atoms with E-state index in [-0.39, 0.29) is 12.4 Å². The predicted molar refractivity (Wildman–Crippen MR) is 146 cm³/mol. The van der Waals surface area contributed by atoms with Crippen molar-refractivity contribution in [2.45, 2.75) is 20.4 Å². The Bertz CT molecular complexity index is 1260. The second-order valence-corrected chi connectivity index (χ2v) is 9.50. The normalized spacial score (nSPS) is 15.1. The van der Waals surface area contributed by atoms with Gasteiger partial charge in [0.25, 0.3) is 0 Å². The number of anilines is 2. The standard InChI is InChI=1S/C28H33ClFN5O2/c1-4-24(25-6-5-21(30)13-19(25)2)27-26(29)17-31-28(33-27)32-22-14-20(15-23(16-22)37-3)18-35-9-7-34(8-10-35)11-12-36/h4-6,13-17,36H,7-12,18H2,1-3H3,(H,31,32,33)/b24-4+. The molecule has 37 heavy (non-hydrogen) atoms. The molecule has 0 radical (unpaired) electrons. The van der Waals surface area contributed by atoms with Gasteiger partial charge in [0.2, 0.25) is 5.95 Å². The average Bonchev–Trinajstić information content (AvgIpc) is 2.88. The molecule has 7 nitrogen and oxygen atoms in total. The number of rotatable bonds is 9. The van der Waals surface area contributed by atoms with Crippen molar-refractivity contribution in [1.29, 1.82) is 0 Å². The quantitative estimate of drug-likeness (QED) is 0.412. The van der Waals surface area contributed by atoms with Crippen LogP contribution in [0.25, 0.3) is 5.57 Å². The lowest BCUT2D eigenvalue weighted by Crippen LogP contribution is -2.46. The van der Waals surface area contributed by atoms with E-state index in [1.807, 2.05) is 32.1 Å². The fraction of sp³-hybridized carbons (Fsp3) is 0.357. The van der Waals surface area contributed by atoms with Crippen molar-refractivity contribution in [1.82, 2.24) is 19.8 Å². The first-order valence-electron chi connectivity index (χ1n) is 12.4. The van der Waals surface area contributed by atoms with E-state index in [4.69, 9.17) is 21.3 Å². The zero-order valence-corrected chi connectivity index (χ0v) is 22.2. The lowest BCUT2D eigenvalue weighted by molar-refractivity contribution is 0.108. The molecule has 1 aliphatic heterocycles. The lowest BCUT2D eigenvalue weighted by atomic mass is 9.97. The number of piperazine rings is 1. The Morgan fingerprint density at radius 3 is 2.59 bits per heavy atom. The molecule has 0 unspecified atom stereocenters. The topological polar surface area (TPSA) is 73.8 Å². The van der Waals surface area contributed by atoms with E-state index in [9.17, 15) is 9.50 Å². The summed E-state index contributed by atoms with van der Waals surface area (Å²) in [5.74, 6) is 0.855. The lowest BCUT2D eigenvalue weighted by Gasteiger charge is -2.34. The number of nitrogens with zero attached hydrogens (tertiary/aromatic N) is 4. The number of aliphatic hydroxyl groups excluding tert-OH is 1. The number of aromatic nitrogens is 2. The maximum Gasteiger partial charge on any atom is 0.227 e. The molecular formula is C28H33ClFN5O2. The predicted octanol–water partition coefficient (Wildman–Crippen LogP) is 4.89. The fourth-order valence-corrected chi connectivity index (χ4v) is 4.80. The Kier molecular flexibility index (Phi) is 9.10. The Morgan fingerprint density at radius 2 is 1.92 bits per heavy atom. The molecule has 0 bridgehead atoms. The van der Waals surface area contributed by atoms with Gasteiger partial charge in [-0.15, -0.1) is 0 Å². The molecule has 2 N–H and O–H groups in total. The summed E-state index contributed by atoms with van der Waals surface area (Å²) < 4.78 is 19.2. The van der Waals surface area contributed by atoms with Crippen LogP contribution in [0.15, 0.2) is 48.7 Å². The highest BCUT2D eigenvalue weighted by atomic mass is 35.5. The molecule has 0 spiro atoms. The van der Waals surface area contributed by atoms with Crippen LogP contribution in [0.4, 0.5) is 16.0 Å². The van der Waals surface area contributed by atoms with E-state index in [1.165, 1.54) is 12.1 Å². The van der Waals surface area contributed by atoms with Crippen molar-refractivity contribution in [3.8, 4) is 5.75 Å². The Balaban J connectivity index is 1.55. The van der Waals surface area contributed by atoms with E-state index in [0.717, 1.165) is 73.0 Å². The third-order valence-electron chi connectivity index (χ3n) is 6.51. The van der Waals surface area contributed by atoms with Gasteiger partial charge in [-0.2, -0.15) is 0 Å². The molecule has 2 aromatic carbocycles. The van der Waals surface area contributed by atoms with Crippen LogP contribution in [0.3, 0.4) is 0 Å². The molecule has 2 heterocycles. The van der Waals surface area contributed by atoms with E-state index < -0.39 is 0 Å². The number of hydrogen-bond donors (Lipinski definition) is 2. The molecule has 1 fully saturated rings. The number of allylic oxidation sites excluding steroid dienone is 1. The number of β-amino-alcohol motifs (C(OH)–C–C–N with tert-alkyl or cyclic N) is 1. The van der Waals surface area contributed by atoms with Crippen molar-refractivity contribution in [3.05, 3.63) is 81.9 Å². The summed E-state index contributed by atoms with van der Waals surface area (Å²) in [7, 11) is 1.65. The zero-order valence-electron chi connectivity index (χ0n) is 21.5. The van der Waals surface area contributed by atoms with Crippen LogP contribution in [0.1, 0.15) is 29.3 Å². The third-order valence-corrected chi connectivity index (χ3v) is 6.79. The molecule has 9 heteroatoms. The number of nitrogens with one attached hydrogen (secondary N) is 1. The molecule has 3 aromatic rings. The molecule has 196 valence electrons. The second kappa shape index (κ2) is 12.5. The average molecular weight is 526 g/mol. The van der Waals surface area contributed by atoms with Crippen LogP contribution in [0.2, 0.25) is 5.02 Å². The summed E-state index contributed by atoms with van der Waals surface area (Å²) in [4.78, 5) is 13.8. The molecule has 0 amide bonds. The van der Waals surface area contributed by atoms with E-state index in [0.29, 0.717) is 16.7 Å². The summed E-state index contributed by atoms with van der Waals surface area (Å²) in [6.07, 6.45) is 3.49. The number of aryl methyl sites for hydroxylation is 1. The van der Waals surface area contributed by atoms with Crippen molar-refractivity contribution in [2.24, 2.45) is 0 Å². The first kappa shape index (κ1) is 27.0. The highest BCUT2D eigenvalue weighted by Gasteiger charge is 2.18. The fourth-order valence-electron chi connectivity index (χ4n) is 4.61. The first-order valence-corrected chi connectivity index (χ1v) is 12.7. The highest BCUT2D eigenvalue weighted by molar-refractivity contribution is 6.32. The maximum absolute atomic E-state index is 13.7. The summed E-state index contributed by atoms with van der Waals surface area (Å²) in [5.41, 5.74) is 4.95. The minimum absolute atomic E-state index is 0.193. The van der Waals surface area contributed by atoms with Gasteiger partial charge >= 0.3 is 0 Å². The highest BCUT2D eigenvalue weighted by Crippen LogP contribution is 2.31. The Labute approximate surface area is 222 Å². The van der Waals surface area contributed by atoms with Crippen LogP contribution in [0, 0.1) is 12.7 Å². The summed E-state index contributed by atoms with van der Waals surface area (Å²) >= 11 is 6.51. The van der Waals surface area contributed by atoms with Crippen molar-refractivity contribution < 1.29 is 14.2 Å². The van der Waals surface area contributed by atoms with E-state index >= 15 is 0 Å². The minimum Gasteiger partial charge on any atom is -0.497 e. The second-order valence-electron chi connectivity index (χ2n) is 9.09. The van der Waals surface area contributed by atoms with Crippen LogP contribution < -0.4 is 10.1 Å². The molecular weight excluding hydrogens is 493 g/mol. The van der Waals surface area contributed by atoms with Crippen LogP contribution in [0.5, 0.6) is 5.75 Å². The smallest absolute Gasteiger partial charge is 0.227 e. The SMILES string of the molecule is C/C=C(\c1ccc(F)cc1C)c1nc(Nc2cc(CN3CCN(CCO)CC3)cc(OC)c2)ncc1Cl. The largest absolute Gasteiger partial charge is 0.497 e. The summed E-state index contributed by atoms with van der Waals surface area (Å²) in [5, 5.41) is 12.9. The van der Waals surface area contributed by atoms with Gasteiger partial charge in [-0.25, -0.2) is 14.4 Å². The van der Waals surface area contributed by atoms with Crippen molar-refractivity contribution >= 4 is 28.8 Å². The minimum atomic E-state index is -0.284. The van der Waals surface area contributed by atoms with E-state index in [1.54, 1.807) is 19.4 Å².